The number of carbonyl (C=O) groups excluding carboxylic acids is 1. The molecule has 19 heavy (non-hydrogen) atoms. The van der Waals surface area contributed by atoms with Gasteiger partial charge in [-0.15, -0.1) is 0 Å². The van der Waals surface area contributed by atoms with Crippen molar-refractivity contribution in [3.63, 3.8) is 0 Å². The number of Topliss-reactive ketones (excluding diaryl/α,β-unsaturated/α-hetero) is 1. The number of benzene rings is 1. The SMILES string of the molecule is CC1(C)CCCC1C(=O)c1ccc(OC2CC2)cc1. The lowest BCUT2D eigenvalue weighted by atomic mass is 9.78. The molecule has 102 valence electrons. The van der Waals surface area contributed by atoms with Crippen LogP contribution in [0.15, 0.2) is 24.3 Å². The Bertz CT molecular complexity index is 469. The van der Waals surface area contributed by atoms with Gasteiger partial charge in [0.25, 0.3) is 0 Å². The molecule has 2 aliphatic rings. The second-order valence-electron chi connectivity index (χ2n) is 6.64. The quantitative estimate of drug-likeness (QED) is 0.755. The first-order valence-corrected chi connectivity index (χ1v) is 7.37. The summed E-state index contributed by atoms with van der Waals surface area (Å²) in [5, 5.41) is 0. The van der Waals surface area contributed by atoms with Crippen LogP contribution in [0, 0.1) is 11.3 Å². The van der Waals surface area contributed by atoms with E-state index >= 15 is 0 Å². The van der Waals surface area contributed by atoms with Crippen LogP contribution >= 0.6 is 0 Å². The van der Waals surface area contributed by atoms with Crippen LogP contribution in [-0.4, -0.2) is 11.9 Å². The number of ether oxygens (including phenoxy) is 1. The third-order valence-corrected chi connectivity index (χ3v) is 4.54. The molecule has 0 spiro atoms. The zero-order valence-electron chi connectivity index (χ0n) is 11.8. The van der Waals surface area contributed by atoms with Crippen LogP contribution in [0.2, 0.25) is 0 Å². The average Bonchev–Trinajstić information content (AvgIpc) is 3.12. The van der Waals surface area contributed by atoms with Gasteiger partial charge >= 0.3 is 0 Å². The van der Waals surface area contributed by atoms with Crippen molar-refractivity contribution < 1.29 is 9.53 Å². The van der Waals surface area contributed by atoms with Gasteiger partial charge in [0, 0.05) is 11.5 Å². The molecule has 2 heteroatoms. The zero-order chi connectivity index (χ0) is 13.5. The number of hydrogen-bond acceptors (Lipinski definition) is 2. The third kappa shape index (κ3) is 2.68. The fourth-order valence-corrected chi connectivity index (χ4v) is 3.09. The van der Waals surface area contributed by atoms with Gasteiger partial charge in [0.1, 0.15) is 5.75 Å². The van der Waals surface area contributed by atoms with Crippen molar-refractivity contribution in [2.24, 2.45) is 11.3 Å². The van der Waals surface area contributed by atoms with Crippen molar-refractivity contribution in [1.29, 1.82) is 0 Å². The van der Waals surface area contributed by atoms with Gasteiger partial charge in [-0.2, -0.15) is 0 Å². The average molecular weight is 258 g/mol. The second kappa shape index (κ2) is 4.66. The van der Waals surface area contributed by atoms with Crippen molar-refractivity contribution in [2.45, 2.75) is 52.1 Å². The van der Waals surface area contributed by atoms with Crippen LogP contribution in [0.5, 0.6) is 5.75 Å². The highest BCUT2D eigenvalue weighted by Gasteiger charge is 2.39. The summed E-state index contributed by atoms with van der Waals surface area (Å²) in [6.07, 6.45) is 6.11. The molecule has 0 aromatic heterocycles. The van der Waals surface area contributed by atoms with Crippen molar-refractivity contribution in [1.82, 2.24) is 0 Å². The molecular formula is C17H22O2. The van der Waals surface area contributed by atoms with Crippen LogP contribution in [0.3, 0.4) is 0 Å². The molecule has 0 bridgehead atoms. The van der Waals surface area contributed by atoms with E-state index in [0.29, 0.717) is 11.9 Å². The Hall–Kier alpha value is -1.31. The molecule has 0 saturated heterocycles. The highest BCUT2D eigenvalue weighted by atomic mass is 16.5. The Morgan fingerprint density at radius 1 is 1.16 bits per heavy atom. The molecule has 0 amide bonds. The van der Waals surface area contributed by atoms with Crippen LogP contribution < -0.4 is 4.74 Å². The number of carbonyl (C=O) groups is 1. The van der Waals surface area contributed by atoms with Gasteiger partial charge < -0.3 is 4.74 Å². The van der Waals surface area contributed by atoms with E-state index in [2.05, 4.69) is 13.8 Å². The van der Waals surface area contributed by atoms with Crippen LogP contribution in [0.1, 0.15) is 56.3 Å². The fourth-order valence-electron chi connectivity index (χ4n) is 3.09. The molecule has 0 radical (unpaired) electrons. The first kappa shape index (κ1) is 12.7. The smallest absolute Gasteiger partial charge is 0.166 e. The maximum atomic E-state index is 12.6. The molecular weight excluding hydrogens is 236 g/mol. The van der Waals surface area contributed by atoms with Crippen LogP contribution in [0.25, 0.3) is 0 Å². The number of ketones is 1. The van der Waals surface area contributed by atoms with Gasteiger partial charge in [0.2, 0.25) is 0 Å². The minimum absolute atomic E-state index is 0.153. The van der Waals surface area contributed by atoms with Gasteiger partial charge in [-0.3, -0.25) is 4.79 Å². The summed E-state index contributed by atoms with van der Waals surface area (Å²) < 4.78 is 5.72. The Labute approximate surface area is 115 Å². The largest absolute Gasteiger partial charge is 0.490 e. The first-order valence-electron chi connectivity index (χ1n) is 7.37. The van der Waals surface area contributed by atoms with Crippen molar-refractivity contribution >= 4 is 5.78 Å². The zero-order valence-corrected chi connectivity index (χ0v) is 11.8. The first-order chi connectivity index (χ1) is 9.06. The third-order valence-electron chi connectivity index (χ3n) is 4.54. The maximum Gasteiger partial charge on any atom is 0.166 e. The highest BCUT2D eigenvalue weighted by Crippen LogP contribution is 2.44. The van der Waals surface area contributed by atoms with E-state index in [1.165, 1.54) is 6.42 Å². The summed E-state index contributed by atoms with van der Waals surface area (Å²) in [5.74, 6) is 1.38. The van der Waals surface area contributed by atoms with E-state index in [1.54, 1.807) is 0 Å². The van der Waals surface area contributed by atoms with Gasteiger partial charge in [0.15, 0.2) is 5.78 Å². The summed E-state index contributed by atoms with van der Waals surface area (Å²) in [4.78, 5) is 12.6. The molecule has 1 atom stereocenters. The normalized spacial score (nSPS) is 25.3. The molecule has 0 heterocycles. The molecule has 2 fully saturated rings. The van der Waals surface area contributed by atoms with Gasteiger partial charge in [-0.05, 0) is 55.4 Å². The minimum Gasteiger partial charge on any atom is -0.490 e. The highest BCUT2D eigenvalue weighted by molar-refractivity contribution is 5.98. The standard InChI is InChI=1S/C17H22O2/c1-17(2)11-3-4-15(17)16(18)12-5-7-13(8-6-12)19-14-9-10-14/h5-8,14-15H,3-4,9-11H2,1-2H3. The van der Waals surface area contributed by atoms with Crippen LogP contribution in [0.4, 0.5) is 0 Å². The molecule has 0 aliphatic heterocycles. The van der Waals surface area contributed by atoms with Crippen molar-refractivity contribution in [3.8, 4) is 5.75 Å². The van der Waals surface area contributed by atoms with E-state index in [1.807, 2.05) is 24.3 Å². The predicted octanol–water partition coefficient (Wildman–Crippen LogP) is 4.24. The van der Waals surface area contributed by atoms with Crippen molar-refractivity contribution in [3.05, 3.63) is 29.8 Å². The van der Waals surface area contributed by atoms with Crippen LogP contribution in [-0.2, 0) is 0 Å². The molecule has 2 nitrogen and oxygen atoms in total. The topological polar surface area (TPSA) is 26.3 Å². The second-order valence-corrected chi connectivity index (χ2v) is 6.64. The summed E-state index contributed by atoms with van der Waals surface area (Å²) in [5.41, 5.74) is 0.989. The monoisotopic (exact) mass is 258 g/mol. The number of hydrogen-bond donors (Lipinski definition) is 0. The van der Waals surface area contributed by atoms with E-state index < -0.39 is 0 Å². The molecule has 0 N–H and O–H groups in total. The molecule has 1 aromatic carbocycles. The molecule has 1 aromatic rings. The summed E-state index contributed by atoms with van der Waals surface area (Å²) in [6.45, 7) is 4.43. The Morgan fingerprint density at radius 2 is 1.84 bits per heavy atom. The van der Waals surface area contributed by atoms with Gasteiger partial charge in [0.05, 0.1) is 6.10 Å². The molecule has 3 rings (SSSR count). The molecule has 2 aliphatic carbocycles. The Kier molecular flexibility index (Phi) is 3.12. The maximum absolute atomic E-state index is 12.6. The Balaban J connectivity index is 1.72. The fraction of sp³-hybridized carbons (Fsp3) is 0.588. The molecule has 2 saturated carbocycles. The number of rotatable bonds is 4. The van der Waals surface area contributed by atoms with Gasteiger partial charge in [-0.25, -0.2) is 0 Å². The summed E-state index contributed by atoms with van der Waals surface area (Å²) >= 11 is 0. The molecule has 1 unspecified atom stereocenters. The van der Waals surface area contributed by atoms with E-state index in [-0.39, 0.29) is 11.3 Å². The lowest BCUT2D eigenvalue weighted by Gasteiger charge is -2.25. The summed E-state index contributed by atoms with van der Waals surface area (Å²) in [6, 6.07) is 7.73. The lowest BCUT2D eigenvalue weighted by Crippen LogP contribution is -2.25. The van der Waals surface area contributed by atoms with E-state index in [9.17, 15) is 4.79 Å². The lowest BCUT2D eigenvalue weighted by molar-refractivity contribution is 0.0839. The minimum atomic E-state index is 0.153. The predicted molar refractivity (Wildman–Crippen MR) is 75.5 cm³/mol. The van der Waals surface area contributed by atoms with E-state index in [4.69, 9.17) is 4.74 Å². The van der Waals surface area contributed by atoms with E-state index in [0.717, 1.165) is 37.0 Å². The Morgan fingerprint density at radius 3 is 2.37 bits per heavy atom. The summed E-state index contributed by atoms with van der Waals surface area (Å²) in [7, 11) is 0. The van der Waals surface area contributed by atoms with Gasteiger partial charge in [-0.1, -0.05) is 20.3 Å². The van der Waals surface area contributed by atoms with Crippen molar-refractivity contribution in [2.75, 3.05) is 0 Å².